The normalized spacial score (nSPS) is 30.4. The Hall–Kier alpha value is -0.0800. The maximum atomic E-state index is 5.90. The molecule has 1 rings (SSSR count). The second kappa shape index (κ2) is 6.02. The molecule has 0 aliphatic heterocycles. The third-order valence-corrected chi connectivity index (χ3v) is 4.51. The third kappa shape index (κ3) is 3.74. The van der Waals surface area contributed by atoms with Gasteiger partial charge < -0.3 is 10.6 Å². The molecule has 2 nitrogen and oxygen atoms in total. The van der Waals surface area contributed by atoms with Gasteiger partial charge in [0.1, 0.15) is 0 Å². The molecule has 2 N–H and O–H groups in total. The molecule has 1 saturated carbocycles. The van der Waals surface area contributed by atoms with Crippen molar-refractivity contribution in [1.29, 1.82) is 0 Å². The van der Waals surface area contributed by atoms with Crippen LogP contribution in [0.4, 0.5) is 0 Å². The quantitative estimate of drug-likeness (QED) is 0.781. The summed E-state index contributed by atoms with van der Waals surface area (Å²) in [6.45, 7) is 8.91. The lowest BCUT2D eigenvalue weighted by Crippen LogP contribution is -2.44. The van der Waals surface area contributed by atoms with Gasteiger partial charge in [0.25, 0.3) is 0 Å². The van der Waals surface area contributed by atoms with Gasteiger partial charge in [-0.2, -0.15) is 0 Å². The van der Waals surface area contributed by atoms with Crippen LogP contribution >= 0.6 is 0 Å². The average Bonchev–Trinajstić information content (AvgIpc) is 2.29. The van der Waals surface area contributed by atoms with Crippen molar-refractivity contribution in [2.45, 2.75) is 58.9 Å². The van der Waals surface area contributed by atoms with Gasteiger partial charge in [-0.3, -0.25) is 0 Å². The summed E-state index contributed by atoms with van der Waals surface area (Å²) < 4.78 is 0. The summed E-state index contributed by atoms with van der Waals surface area (Å²) in [5, 5.41) is 0. The van der Waals surface area contributed by atoms with Gasteiger partial charge in [-0.1, -0.05) is 33.6 Å². The highest BCUT2D eigenvalue weighted by Crippen LogP contribution is 2.29. The molecule has 96 valence electrons. The van der Waals surface area contributed by atoms with Crippen molar-refractivity contribution in [3.63, 3.8) is 0 Å². The Labute approximate surface area is 102 Å². The third-order valence-electron chi connectivity index (χ3n) is 4.51. The lowest BCUT2D eigenvalue weighted by molar-refractivity contribution is 0.109. The highest BCUT2D eigenvalue weighted by atomic mass is 15.1. The fourth-order valence-corrected chi connectivity index (χ4v) is 2.85. The van der Waals surface area contributed by atoms with Gasteiger partial charge in [0.05, 0.1) is 0 Å². The molecule has 1 aliphatic carbocycles. The Kier molecular flexibility index (Phi) is 5.26. The van der Waals surface area contributed by atoms with Crippen LogP contribution in [0.3, 0.4) is 0 Å². The van der Waals surface area contributed by atoms with E-state index in [1.807, 2.05) is 0 Å². The van der Waals surface area contributed by atoms with E-state index in [2.05, 4.69) is 32.7 Å². The molecule has 0 saturated heterocycles. The molecule has 1 fully saturated rings. The Morgan fingerprint density at radius 3 is 2.56 bits per heavy atom. The van der Waals surface area contributed by atoms with Gasteiger partial charge in [0.15, 0.2) is 0 Å². The zero-order chi connectivity index (χ0) is 12.2. The molecule has 0 aromatic carbocycles. The van der Waals surface area contributed by atoms with Crippen LogP contribution in [0.25, 0.3) is 0 Å². The van der Waals surface area contributed by atoms with Gasteiger partial charge in [-0.05, 0) is 44.2 Å². The molecule has 2 heteroatoms. The second-order valence-corrected chi connectivity index (χ2v) is 6.21. The predicted molar refractivity (Wildman–Crippen MR) is 71.5 cm³/mol. The van der Waals surface area contributed by atoms with Crippen LogP contribution in [-0.2, 0) is 0 Å². The number of nitrogens with two attached hydrogens (primary N) is 1. The summed E-state index contributed by atoms with van der Waals surface area (Å²) in [7, 11) is 2.28. The Morgan fingerprint density at radius 2 is 2.06 bits per heavy atom. The van der Waals surface area contributed by atoms with Gasteiger partial charge in [0, 0.05) is 12.6 Å². The first kappa shape index (κ1) is 14.0. The van der Waals surface area contributed by atoms with E-state index < -0.39 is 0 Å². The van der Waals surface area contributed by atoms with Crippen molar-refractivity contribution < 1.29 is 0 Å². The summed E-state index contributed by atoms with van der Waals surface area (Å²) in [6.07, 6.45) is 6.76. The molecule has 0 bridgehead atoms. The number of rotatable bonds is 5. The number of hydrogen-bond acceptors (Lipinski definition) is 2. The first-order valence-corrected chi connectivity index (χ1v) is 6.91. The van der Waals surface area contributed by atoms with Crippen molar-refractivity contribution in [3.8, 4) is 0 Å². The Morgan fingerprint density at radius 1 is 1.38 bits per heavy atom. The lowest BCUT2D eigenvalue weighted by Gasteiger charge is -2.39. The highest BCUT2D eigenvalue weighted by Gasteiger charge is 2.28. The van der Waals surface area contributed by atoms with E-state index in [0.29, 0.717) is 5.41 Å². The summed E-state index contributed by atoms with van der Waals surface area (Å²) in [6, 6.07) is 0.793. The Bertz CT molecular complexity index is 199. The SMILES string of the molecule is CCC(C)(CN)CN(C)C1CCCC(C)C1. The minimum absolute atomic E-state index is 0.301. The summed E-state index contributed by atoms with van der Waals surface area (Å²) in [4.78, 5) is 2.56. The van der Waals surface area contributed by atoms with Crippen molar-refractivity contribution in [1.82, 2.24) is 4.90 Å². The van der Waals surface area contributed by atoms with Crippen LogP contribution in [-0.4, -0.2) is 31.1 Å². The molecule has 16 heavy (non-hydrogen) atoms. The van der Waals surface area contributed by atoms with Gasteiger partial charge in [-0.25, -0.2) is 0 Å². The molecule has 0 radical (unpaired) electrons. The van der Waals surface area contributed by atoms with Crippen LogP contribution in [0.2, 0.25) is 0 Å². The topological polar surface area (TPSA) is 29.3 Å². The maximum absolute atomic E-state index is 5.90. The summed E-state index contributed by atoms with van der Waals surface area (Å²) in [5.74, 6) is 0.909. The standard InChI is InChI=1S/C14H30N2/c1-5-14(3,10-15)11-16(4)13-8-6-7-12(2)9-13/h12-13H,5-11,15H2,1-4H3. The van der Waals surface area contributed by atoms with E-state index >= 15 is 0 Å². The van der Waals surface area contributed by atoms with E-state index in [1.165, 1.54) is 32.1 Å². The van der Waals surface area contributed by atoms with Crippen molar-refractivity contribution in [3.05, 3.63) is 0 Å². The first-order valence-electron chi connectivity index (χ1n) is 6.91. The van der Waals surface area contributed by atoms with Crippen molar-refractivity contribution >= 4 is 0 Å². The van der Waals surface area contributed by atoms with Gasteiger partial charge >= 0.3 is 0 Å². The zero-order valence-electron chi connectivity index (χ0n) is 11.6. The lowest BCUT2D eigenvalue weighted by atomic mass is 9.83. The minimum atomic E-state index is 0.301. The largest absolute Gasteiger partial charge is 0.330 e. The van der Waals surface area contributed by atoms with Gasteiger partial charge in [0.2, 0.25) is 0 Å². The van der Waals surface area contributed by atoms with Crippen LogP contribution < -0.4 is 5.73 Å². The second-order valence-electron chi connectivity index (χ2n) is 6.21. The molecule has 3 unspecified atom stereocenters. The summed E-state index contributed by atoms with van der Waals surface area (Å²) in [5.41, 5.74) is 6.20. The van der Waals surface area contributed by atoms with E-state index in [9.17, 15) is 0 Å². The molecule has 0 spiro atoms. The van der Waals surface area contributed by atoms with E-state index in [-0.39, 0.29) is 0 Å². The monoisotopic (exact) mass is 226 g/mol. The average molecular weight is 226 g/mol. The smallest absolute Gasteiger partial charge is 0.00949 e. The molecule has 0 aromatic rings. The molecule has 0 amide bonds. The fraction of sp³-hybridized carbons (Fsp3) is 1.00. The molecule has 1 aliphatic rings. The van der Waals surface area contributed by atoms with Crippen LogP contribution in [0.15, 0.2) is 0 Å². The van der Waals surface area contributed by atoms with Gasteiger partial charge in [-0.15, -0.1) is 0 Å². The molecular formula is C14H30N2. The van der Waals surface area contributed by atoms with Crippen molar-refractivity contribution in [2.24, 2.45) is 17.1 Å². The zero-order valence-corrected chi connectivity index (χ0v) is 11.6. The minimum Gasteiger partial charge on any atom is -0.330 e. The van der Waals surface area contributed by atoms with Crippen LogP contribution in [0.1, 0.15) is 52.9 Å². The predicted octanol–water partition coefficient (Wildman–Crippen LogP) is 2.87. The fourth-order valence-electron chi connectivity index (χ4n) is 2.85. The molecular weight excluding hydrogens is 196 g/mol. The Balaban J connectivity index is 2.47. The molecule has 0 aromatic heterocycles. The highest BCUT2D eigenvalue weighted by molar-refractivity contribution is 4.83. The van der Waals surface area contributed by atoms with Crippen LogP contribution in [0, 0.1) is 11.3 Å². The number of nitrogens with zero attached hydrogens (tertiary/aromatic N) is 1. The first-order chi connectivity index (χ1) is 7.50. The molecule has 0 heterocycles. The summed E-state index contributed by atoms with van der Waals surface area (Å²) >= 11 is 0. The van der Waals surface area contributed by atoms with Crippen molar-refractivity contribution in [2.75, 3.05) is 20.1 Å². The van der Waals surface area contributed by atoms with E-state index in [0.717, 1.165) is 25.0 Å². The maximum Gasteiger partial charge on any atom is 0.00949 e. The van der Waals surface area contributed by atoms with Crippen LogP contribution in [0.5, 0.6) is 0 Å². The molecule has 3 atom stereocenters. The van der Waals surface area contributed by atoms with E-state index in [1.54, 1.807) is 0 Å². The van der Waals surface area contributed by atoms with E-state index in [4.69, 9.17) is 5.73 Å². The number of hydrogen-bond donors (Lipinski definition) is 1.